The van der Waals surface area contributed by atoms with E-state index in [2.05, 4.69) is 20.6 Å². The highest BCUT2D eigenvalue weighted by Gasteiger charge is 2.19. The Morgan fingerprint density at radius 3 is 2.55 bits per heavy atom. The first-order chi connectivity index (χ1) is 20.3. The lowest BCUT2D eigenvalue weighted by atomic mass is 10.1. The van der Waals surface area contributed by atoms with Crippen molar-refractivity contribution in [1.82, 2.24) is 19.9 Å². The van der Waals surface area contributed by atoms with Crippen LogP contribution >= 0.6 is 0 Å². The van der Waals surface area contributed by atoms with Crippen molar-refractivity contribution in [3.63, 3.8) is 0 Å². The molecule has 0 radical (unpaired) electrons. The highest BCUT2D eigenvalue weighted by Crippen LogP contribution is 2.26. The Morgan fingerprint density at radius 1 is 1.05 bits per heavy atom. The number of rotatable bonds is 8. The maximum atomic E-state index is 13.8. The van der Waals surface area contributed by atoms with Crippen LogP contribution in [0.5, 0.6) is 11.5 Å². The second-order valence-electron chi connectivity index (χ2n) is 9.98. The molecule has 5 aromatic rings. The average molecular weight is 584 g/mol. The Morgan fingerprint density at radius 2 is 1.81 bits per heavy atom. The number of morpholine rings is 1. The van der Waals surface area contributed by atoms with E-state index in [1.54, 1.807) is 42.6 Å². The highest BCUT2D eigenvalue weighted by atomic mass is 32.2. The van der Waals surface area contributed by atoms with Crippen LogP contribution in [0.1, 0.15) is 17.2 Å². The van der Waals surface area contributed by atoms with E-state index in [1.165, 1.54) is 10.6 Å². The van der Waals surface area contributed by atoms with Gasteiger partial charge >= 0.3 is 0 Å². The smallest absolute Gasteiger partial charge is 0.295 e. The van der Waals surface area contributed by atoms with Crippen LogP contribution in [0.25, 0.3) is 11.0 Å². The summed E-state index contributed by atoms with van der Waals surface area (Å²) in [6.07, 6.45) is 2.76. The fourth-order valence-electron chi connectivity index (χ4n) is 4.88. The number of para-hydroxylation sites is 1. The number of benzene rings is 3. The first-order valence-corrected chi connectivity index (χ1v) is 15.3. The van der Waals surface area contributed by atoms with Crippen molar-refractivity contribution in [3.8, 4) is 11.5 Å². The van der Waals surface area contributed by atoms with Crippen LogP contribution in [0.2, 0.25) is 0 Å². The van der Waals surface area contributed by atoms with Gasteiger partial charge in [-0.25, -0.2) is 13.4 Å². The number of pyridine rings is 1. The second kappa shape index (κ2) is 11.7. The average Bonchev–Trinajstić information content (AvgIpc) is 3.00. The molecule has 1 aliphatic rings. The van der Waals surface area contributed by atoms with Crippen LogP contribution in [-0.2, 0) is 21.1 Å². The summed E-state index contributed by atoms with van der Waals surface area (Å²) in [6, 6.07) is 25.0. The quantitative estimate of drug-likeness (QED) is 0.273. The maximum Gasteiger partial charge on any atom is 0.295 e. The zero-order chi connectivity index (χ0) is 29.1. The number of anilines is 2. The molecule has 1 saturated heterocycles. The van der Waals surface area contributed by atoms with E-state index in [0.29, 0.717) is 29.0 Å². The predicted octanol–water partition coefficient (Wildman–Crippen LogP) is 4.44. The lowest BCUT2D eigenvalue weighted by Gasteiger charge is -2.24. The number of hydrogen-bond donors (Lipinski definition) is 2. The molecule has 2 aromatic heterocycles. The van der Waals surface area contributed by atoms with Gasteiger partial charge in [0.2, 0.25) is 5.95 Å². The number of hydrogen-bond acceptors (Lipinski definition) is 9. The van der Waals surface area contributed by atoms with Crippen molar-refractivity contribution >= 4 is 32.5 Å². The molecule has 1 fully saturated rings. The van der Waals surface area contributed by atoms with Gasteiger partial charge in [0, 0.05) is 36.6 Å². The number of nitrogens with zero attached hydrogens (tertiary/aromatic N) is 3. The number of ether oxygens (including phenoxy) is 2. The van der Waals surface area contributed by atoms with Crippen molar-refractivity contribution in [1.29, 1.82) is 0 Å². The first kappa shape index (κ1) is 27.6. The molecule has 0 bridgehead atoms. The monoisotopic (exact) mass is 583 g/mol. The van der Waals surface area contributed by atoms with Crippen LogP contribution in [0.4, 0.5) is 11.6 Å². The van der Waals surface area contributed by atoms with Gasteiger partial charge in [-0.05, 0) is 47.5 Å². The molecule has 3 heterocycles. The third kappa shape index (κ3) is 6.03. The van der Waals surface area contributed by atoms with Crippen LogP contribution in [0.3, 0.4) is 0 Å². The minimum atomic E-state index is -3.54. The van der Waals surface area contributed by atoms with Crippen LogP contribution in [-0.4, -0.2) is 48.9 Å². The number of fused-ring (bicyclic) bond motifs is 1. The van der Waals surface area contributed by atoms with Gasteiger partial charge in [0.05, 0.1) is 24.2 Å². The first-order valence-electron chi connectivity index (χ1n) is 13.5. The van der Waals surface area contributed by atoms with Gasteiger partial charge in [-0.15, -0.1) is 0 Å². The van der Waals surface area contributed by atoms with E-state index in [-0.39, 0.29) is 29.2 Å². The molecule has 10 nitrogen and oxygen atoms in total. The van der Waals surface area contributed by atoms with Crippen molar-refractivity contribution in [2.24, 2.45) is 0 Å². The number of sulfone groups is 1. The molecule has 0 aliphatic carbocycles. The molecule has 0 amide bonds. The fraction of sp³-hybridized carbons (Fsp3) is 0.194. The van der Waals surface area contributed by atoms with Crippen LogP contribution in [0.15, 0.2) is 101 Å². The Hall–Kier alpha value is -4.58. The highest BCUT2D eigenvalue weighted by molar-refractivity contribution is 7.90. The minimum absolute atomic E-state index is 0.00117. The SMILES string of the molecule is CS(=O)(=O)c1ccccc1Cn1c(=O)c(Oc2ccccc2)cc2cnc(Nc3ccc(C4CNCCO4)cc3)nc21. The molecule has 6 rings (SSSR count). The van der Waals surface area contributed by atoms with Crippen molar-refractivity contribution < 1.29 is 17.9 Å². The van der Waals surface area contributed by atoms with Gasteiger partial charge in [0.25, 0.3) is 5.56 Å². The van der Waals surface area contributed by atoms with Gasteiger partial charge in [-0.1, -0.05) is 48.5 Å². The second-order valence-corrected chi connectivity index (χ2v) is 12.0. The van der Waals surface area contributed by atoms with Gasteiger partial charge in [0.1, 0.15) is 11.4 Å². The van der Waals surface area contributed by atoms with E-state index in [0.717, 1.165) is 30.6 Å². The van der Waals surface area contributed by atoms with Crippen LogP contribution < -0.4 is 20.9 Å². The minimum Gasteiger partial charge on any atom is -0.452 e. The molecule has 0 saturated carbocycles. The molecule has 1 unspecified atom stereocenters. The van der Waals surface area contributed by atoms with Crippen LogP contribution in [0, 0.1) is 0 Å². The fourth-order valence-corrected chi connectivity index (χ4v) is 5.82. The number of aromatic nitrogens is 3. The number of nitrogens with one attached hydrogen (secondary N) is 2. The normalized spacial score (nSPS) is 15.4. The summed E-state index contributed by atoms with van der Waals surface area (Å²) in [5.74, 6) is 0.853. The summed E-state index contributed by atoms with van der Waals surface area (Å²) in [4.78, 5) is 23.1. The van der Waals surface area contributed by atoms with E-state index in [9.17, 15) is 13.2 Å². The molecule has 0 spiro atoms. The van der Waals surface area contributed by atoms with Crippen molar-refractivity contribution in [2.45, 2.75) is 17.5 Å². The lowest BCUT2D eigenvalue weighted by Crippen LogP contribution is -2.33. The molecule has 42 heavy (non-hydrogen) atoms. The van der Waals surface area contributed by atoms with Gasteiger partial charge < -0.3 is 20.1 Å². The Kier molecular flexibility index (Phi) is 7.70. The zero-order valence-corrected chi connectivity index (χ0v) is 23.7. The molecule has 3 aromatic carbocycles. The van der Waals surface area contributed by atoms with Crippen molar-refractivity contribution in [2.75, 3.05) is 31.3 Å². The zero-order valence-electron chi connectivity index (χ0n) is 22.9. The standard InChI is InChI=1S/C31H29N5O5S/c1-42(38,39)28-10-6-5-7-22(28)20-36-29-23(17-26(30(36)37)41-25-8-3-2-4-9-25)18-33-31(35-29)34-24-13-11-21(12-14-24)27-19-32-15-16-40-27/h2-14,17-18,27,32H,15-16,19-20H2,1H3,(H,33,34,35). The third-order valence-corrected chi connectivity index (χ3v) is 8.13. The van der Waals surface area contributed by atoms with Crippen molar-refractivity contribution in [3.05, 3.63) is 113 Å². The van der Waals surface area contributed by atoms with E-state index in [4.69, 9.17) is 9.47 Å². The molecule has 1 aliphatic heterocycles. The molecule has 2 N–H and O–H groups in total. The molecular weight excluding hydrogens is 554 g/mol. The summed E-state index contributed by atoms with van der Waals surface area (Å²) in [5.41, 5.74) is 2.17. The largest absolute Gasteiger partial charge is 0.452 e. The van der Waals surface area contributed by atoms with Gasteiger partial charge in [-0.3, -0.25) is 9.36 Å². The van der Waals surface area contributed by atoms with E-state index < -0.39 is 15.4 Å². The lowest BCUT2D eigenvalue weighted by molar-refractivity contribution is 0.0277. The van der Waals surface area contributed by atoms with E-state index in [1.807, 2.05) is 42.5 Å². The third-order valence-electron chi connectivity index (χ3n) is 6.93. The molecular formula is C31H29N5O5S. The summed E-state index contributed by atoms with van der Waals surface area (Å²) >= 11 is 0. The summed E-state index contributed by atoms with van der Waals surface area (Å²) in [5, 5.41) is 7.09. The van der Waals surface area contributed by atoms with Gasteiger partial charge in [-0.2, -0.15) is 4.98 Å². The maximum absolute atomic E-state index is 13.8. The molecule has 11 heteroatoms. The Bertz CT molecular complexity index is 1890. The summed E-state index contributed by atoms with van der Waals surface area (Å²) in [6.45, 7) is 2.24. The summed E-state index contributed by atoms with van der Waals surface area (Å²) < 4.78 is 38.2. The van der Waals surface area contributed by atoms with Gasteiger partial charge in [0.15, 0.2) is 15.6 Å². The van der Waals surface area contributed by atoms with E-state index >= 15 is 0 Å². The summed E-state index contributed by atoms with van der Waals surface area (Å²) in [7, 11) is -3.54. The Balaban J connectivity index is 1.39. The Labute approximate surface area is 242 Å². The predicted molar refractivity (Wildman–Crippen MR) is 160 cm³/mol. The molecule has 214 valence electrons. The molecule has 1 atom stereocenters. The topological polar surface area (TPSA) is 124 Å².